The fourth-order valence-corrected chi connectivity index (χ4v) is 2.51. The van der Waals surface area contributed by atoms with E-state index in [2.05, 4.69) is 17.1 Å². The average molecular weight is 212 g/mol. The number of hydrogen-bond acceptors (Lipinski definition) is 3. The summed E-state index contributed by atoms with van der Waals surface area (Å²) in [5.41, 5.74) is 0. The molecule has 1 amide bonds. The Morgan fingerprint density at radius 3 is 2.87 bits per heavy atom. The maximum absolute atomic E-state index is 11.8. The second kappa shape index (κ2) is 4.94. The fraction of sp³-hybridized carbons (Fsp3) is 0.909. The van der Waals surface area contributed by atoms with Crippen molar-refractivity contribution in [3.05, 3.63) is 0 Å². The number of ether oxygens (including phenoxy) is 1. The molecule has 0 aromatic heterocycles. The van der Waals surface area contributed by atoms with E-state index in [0.29, 0.717) is 24.4 Å². The molecule has 1 atom stereocenters. The van der Waals surface area contributed by atoms with E-state index in [1.807, 2.05) is 0 Å². The van der Waals surface area contributed by atoms with Gasteiger partial charge in [-0.25, -0.2) is 0 Å². The first kappa shape index (κ1) is 10.9. The van der Waals surface area contributed by atoms with Crippen molar-refractivity contribution in [1.29, 1.82) is 0 Å². The van der Waals surface area contributed by atoms with Gasteiger partial charge in [-0.3, -0.25) is 4.79 Å². The molecule has 2 saturated heterocycles. The lowest BCUT2D eigenvalue weighted by atomic mass is 10.1. The standard InChI is InChI=1S/C11H20N2O2/c1-2-12-9-7-11(14)13(8-9)10-3-5-15-6-4-10/h9-10,12H,2-8H2,1H3. The predicted octanol–water partition coefficient (Wildman–Crippen LogP) is 0.376. The molecular weight excluding hydrogens is 192 g/mol. The van der Waals surface area contributed by atoms with Gasteiger partial charge >= 0.3 is 0 Å². The number of rotatable bonds is 3. The van der Waals surface area contributed by atoms with E-state index in [9.17, 15) is 4.79 Å². The Bertz CT molecular complexity index is 227. The van der Waals surface area contributed by atoms with Gasteiger partial charge in [-0.1, -0.05) is 6.92 Å². The van der Waals surface area contributed by atoms with Crippen molar-refractivity contribution in [1.82, 2.24) is 10.2 Å². The smallest absolute Gasteiger partial charge is 0.224 e. The average Bonchev–Trinajstić information content (AvgIpc) is 2.61. The number of amides is 1. The lowest BCUT2D eigenvalue weighted by Crippen LogP contribution is -2.42. The summed E-state index contributed by atoms with van der Waals surface area (Å²) in [7, 11) is 0. The van der Waals surface area contributed by atoms with Crippen LogP contribution in [0.1, 0.15) is 26.2 Å². The van der Waals surface area contributed by atoms with Gasteiger partial charge in [0, 0.05) is 38.3 Å². The zero-order valence-corrected chi connectivity index (χ0v) is 9.37. The molecule has 2 rings (SSSR count). The van der Waals surface area contributed by atoms with Crippen LogP contribution < -0.4 is 5.32 Å². The van der Waals surface area contributed by atoms with Gasteiger partial charge in [0.15, 0.2) is 0 Å². The van der Waals surface area contributed by atoms with Gasteiger partial charge < -0.3 is 15.0 Å². The molecule has 4 heteroatoms. The van der Waals surface area contributed by atoms with Gasteiger partial charge in [-0.15, -0.1) is 0 Å². The molecule has 0 aliphatic carbocycles. The van der Waals surface area contributed by atoms with Crippen LogP contribution in [0.15, 0.2) is 0 Å². The second-order valence-corrected chi connectivity index (χ2v) is 4.35. The third-order valence-corrected chi connectivity index (χ3v) is 3.28. The Morgan fingerprint density at radius 2 is 2.20 bits per heavy atom. The number of likely N-dealkylation sites (tertiary alicyclic amines) is 1. The Morgan fingerprint density at radius 1 is 1.47 bits per heavy atom. The summed E-state index contributed by atoms with van der Waals surface area (Å²) >= 11 is 0. The van der Waals surface area contributed by atoms with E-state index >= 15 is 0 Å². The molecule has 86 valence electrons. The van der Waals surface area contributed by atoms with Crippen LogP contribution in [0.3, 0.4) is 0 Å². The van der Waals surface area contributed by atoms with E-state index < -0.39 is 0 Å². The minimum absolute atomic E-state index is 0.313. The van der Waals surface area contributed by atoms with Crippen molar-refractivity contribution in [2.75, 3.05) is 26.3 Å². The van der Waals surface area contributed by atoms with Crippen molar-refractivity contribution >= 4 is 5.91 Å². The number of likely N-dealkylation sites (N-methyl/N-ethyl adjacent to an activating group) is 1. The minimum Gasteiger partial charge on any atom is -0.381 e. The first-order chi connectivity index (χ1) is 7.31. The summed E-state index contributed by atoms with van der Waals surface area (Å²) in [6.07, 6.45) is 2.68. The van der Waals surface area contributed by atoms with Crippen LogP contribution >= 0.6 is 0 Å². The van der Waals surface area contributed by atoms with E-state index in [0.717, 1.165) is 39.1 Å². The Hall–Kier alpha value is -0.610. The van der Waals surface area contributed by atoms with Gasteiger partial charge in [0.25, 0.3) is 0 Å². The van der Waals surface area contributed by atoms with Crippen LogP contribution in [-0.2, 0) is 9.53 Å². The van der Waals surface area contributed by atoms with Crippen LogP contribution in [-0.4, -0.2) is 49.2 Å². The largest absolute Gasteiger partial charge is 0.381 e. The minimum atomic E-state index is 0.313. The number of carbonyl (C=O) groups excluding carboxylic acids is 1. The van der Waals surface area contributed by atoms with Gasteiger partial charge in [-0.2, -0.15) is 0 Å². The number of hydrogen-bond donors (Lipinski definition) is 1. The molecule has 4 nitrogen and oxygen atoms in total. The number of nitrogens with one attached hydrogen (secondary N) is 1. The Kier molecular flexibility index (Phi) is 3.59. The summed E-state index contributed by atoms with van der Waals surface area (Å²) in [6.45, 7) is 5.53. The summed E-state index contributed by atoms with van der Waals surface area (Å²) < 4.78 is 5.32. The topological polar surface area (TPSA) is 41.6 Å². The number of carbonyl (C=O) groups is 1. The van der Waals surface area contributed by atoms with Crippen molar-refractivity contribution in [2.45, 2.75) is 38.3 Å². The normalized spacial score (nSPS) is 28.7. The second-order valence-electron chi connectivity index (χ2n) is 4.35. The summed E-state index contributed by atoms with van der Waals surface area (Å²) in [4.78, 5) is 13.9. The third kappa shape index (κ3) is 2.49. The molecule has 2 aliphatic rings. The molecular formula is C11H20N2O2. The highest BCUT2D eigenvalue weighted by Crippen LogP contribution is 2.21. The molecule has 0 radical (unpaired) electrons. The number of nitrogens with zero attached hydrogens (tertiary/aromatic N) is 1. The quantitative estimate of drug-likeness (QED) is 0.735. The predicted molar refractivity (Wildman–Crippen MR) is 57.6 cm³/mol. The van der Waals surface area contributed by atoms with Crippen molar-refractivity contribution < 1.29 is 9.53 Å². The van der Waals surface area contributed by atoms with Gasteiger partial charge in [0.05, 0.1) is 0 Å². The molecule has 2 heterocycles. The lowest BCUT2D eigenvalue weighted by molar-refractivity contribution is -0.131. The Balaban J connectivity index is 1.89. The highest BCUT2D eigenvalue weighted by Gasteiger charge is 2.34. The van der Waals surface area contributed by atoms with Crippen LogP contribution in [0.5, 0.6) is 0 Å². The molecule has 2 aliphatic heterocycles. The molecule has 0 saturated carbocycles. The van der Waals surface area contributed by atoms with Crippen LogP contribution in [0.25, 0.3) is 0 Å². The maximum atomic E-state index is 11.8. The van der Waals surface area contributed by atoms with Crippen molar-refractivity contribution in [3.8, 4) is 0 Å². The molecule has 0 aromatic rings. The SMILES string of the molecule is CCNC1CC(=O)N(C2CCOCC2)C1. The van der Waals surface area contributed by atoms with Gasteiger partial charge in [0.1, 0.15) is 0 Å². The van der Waals surface area contributed by atoms with Crippen LogP contribution in [0.4, 0.5) is 0 Å². The Labute approximate surface area is 91.0 Å². The zero-order chi connectivity index (χ0) is 10.7. The highest BCUT2D eigenvalue weighted by molar-refractivity contribution is 5.79. The van der Waals surface area contributed by atoms with E-state index in [4.69, 9.17) is 4.74 Å². The van der Waals surface area contributed by atoms with E-state index in [-0.39, 0.29) is 0 Å². The van der Waals surface area contributed by atoms with Crippen molar-refractivity contribution in [3.63, 3.8) is 0 Å². The summed E-state index contributed by atoms with van der Waals surface area (Å²) in [6, 6.07) is 0.792. The molecule has 0 bridgehead atoms. The third-order valence-electron chi connectivity index (χ3n) is 3.28. The zero-order valence-electron chi connectivity index (χ0n) is 9.37. The first-order valence-electron chi connectivity index (χ1n) is 5.92. The van der Waals surface area contributed by atoms with Gasteiger partial charge in [0.2, 0.25) is 5.91 Å². The van der Waals surface area contributed by atoms with Crippen LogP contribution in [0, 0.1) is 0 Å². The van der Waals surface area contributed by atoms with Crippen LogP contribution in [0.2, 0.25) is 0 Å². The molecule has 1 N–H and O–H groups in total. The summed E-state index contributed by atoms with van der Waals surface area (Å²) in [5, 5.41) is 3.35. The summed E-state index contributed by atoms with van der Waals surface area (Å²) in [5.74, 6) is 0.313. The molecule has 2 fully saturated rings. The molecule has 15 heavy (non-hydrogen) atoms. The van der Waals surface area contributed by atoms with E-state index in [1.165, 1.54) is 0 Å². The monoisotopic (exact) mass is 212 g/mol. The molecule has 0 aromatic carbocycles. The van der Waals surface area contributed by atoms with E-state index in [1.54, 1.807) is 0 Å². The van der Waals surface area contributed by atoms with Crippen molar-refractivity contribution in [2.24, 2.45) is 0 Å². The molecule has 1 unspecified atom stereocenters. The first-order valence-corrected chi connectivity index (χ1v) is 5.92. The fourth-order valence-electron chi connectivity index (χ4n) is 2.51. The lowest BCUT2D eigenvalue weighted by Gasteiger charge is -2.31. The highest BCUT2D eigenvalue weighted by atomic mass is 16.5. The maximum Gasteiger partial charge on any atom is 0.224 e. The molecule has 0 spiro atoms. The van der Waals surface area contributed by atoms with Gasteiger partial charge in [-0.05, 0) is 19.4 Å².